The van der Waals surface area contributed by atoms with Gasteiger partial charge in [0.05, 0.1) is 24.8 Å². The first kappa shape index (κ1) is 13.2. The van der Waals surface area contributed by atoms with Crippen molar-refractivity contribution in [3.63, 3.8) is 0 Å². The Morgan fingerprint density at radius 3 is 2.78 bits per heavy atom. The van der Waals surface area contributed by atoms with Crippen LogP contribution < -0.4 is 4.74 Å². The number of hydrogen-bond donors (Lipinski definition) is 0. The zero-order chi connectivity index (χ0) is 12.6. The number of morpholine rings is 1. The van der Waals surface area contributed by atoms with Gasteiger partial charge in [0.1, 0.15) is 12.4 Å². The molecule has 96 valence electrons. The molecule has 0 saturated carbocycles. The molecule has 3 nitrogen and oxygen atoms in total. The predicted molar refractivity (Wildman–Crippen MR) is 72.0 cm³/mol. The highest BCUT2D eigenvalue weighted by Crippen LogP contribution is 2.22. The van der Waals surface area contributed by atoms with Crippen molar-refractivity contribution >= 4 is 11.6 Å². The van der Waals surface area contributed by atoms with Gasteiger partial charge in [-0.25, -0.2) is 0 Å². The Bertz CT molecular complexity index is 433. The van der Waals surface area contributed by atoms with Crippen LogP contribution in [0.1, 0.15) is 0 Å². The van der Waals surface area contributed by atoms with Crippen LogP contribution in [0, 0.1) is 11.8 Å². The third-order valence-electron chi connectivity index (χ3n) is 2.67. The first-order chi connectivity index (χ1) is 8.86. The molecule has 0 atom stereocenters. The lowest BCUT2D eigenvalue weighted by Crippen LogP contribution is -2.36. The molecule has 1 aliphatic heterocycles. The van der Waals surface area contributed by atoms with Gasteiger partial charge in [-0.3, -0.25) is 4.90 Å². The van der Waals surface area contributed by atoms with Gasteiger partial charge in [-0.05, 0) is 12.1 Å². The Morgan fingerprint density at radius 1 is 1.22 bits per heavy atom. The molecule has 1 aromatic carbocycles. The average Bonchev–Trinajstić information content (AvgIpc) is 2.42. The minimum atomic E-state index is 0.369. The smallest absolute Gasteiger partial charge is 0.149 e. The molecule has 0 N–H and O–H groups in total. The van der Waals surface area contributed by atoms with E-state index in [9.17, 15) is 0 Å². The fourth-order valence-corrected chi connectivity index (χ4v) is 1.84. The summed E-state index contributed by atoms with van der Waals surface area (Å²) < 4.78 is 10.7. The van der Waals surface area contributed by atoms with Crippen LogP contribution in [0.2, 0.25) is 5.02 Å². The fourth-order valence-electron chi connectivity index (χ4n) is 1.65. The van der Waals surface area contributed by atoms with E-state index in [1.54, 1.807) is 6.07 Å². The summed E-state index contributed by atoms with van der Waals surface area (Å²) in [6.45, 7) is 4.67. The Hall–Kier alpha value is -1.21. The molecule has 0 spiro atoms. The van der Waals surface area contributed by atoms with E-state index >= 15 is 0 Å². The van der Waals surface area contributed by atoms with Crippen molar-refractivity contribution in [2.45, 2.75) is 0 Å². The third kappa shape index (κ3) is 4.23. The van der Waals surface area contributed by atoms with E-state index in [0.717, 1.165) is 32.8 Å². The lowest BCUT2D eigenvalue weighted by molar-refractivity contribution is 0.0443. The minimum absolute atomic E-state index is 0.369. The van der Waals surface area contributed by atoms with E-state index in [1.807, 2.05) is 18.2 Å². The number of nitrogens with zero attached hydrogens (tertiary/aromatic N) is 1. The molecular weight excluding hydrogens is 250 g/mol. The minimum Gasteiger partial charge on any atom is -0.479 e. The summed E-state index contributed by atoms with van der Waals surface area (Å²) in [7, 11) is 0. The summed E-state index contributed by atoms with van der Waals surface area (Å²) in [5, 5.41) is 0.618. The lowest BCUT2D eigenvalue weighted by Gasteiger charge is -2.24. The molecule has 18 heavy (non-hydrogen) atoms. The number of benzene rings is 1. The Labute approximate surface area is 113 Å². The van der Waals surface area contributed by atoms with Crippen molar-refractivity contribution in [1.29, 1.82) is 0 Å². The van der Waals surface area contributed by atoms with Gasteiger partial charge in [0.15, 0.2) is 0 Å². The van der Waals surface area contributed by atoms with Gasteiger partial charge in [0, 0.05) is 13.1 Å². The maximum Gasteiger partial charge on any atom is 0.149 e. The molecule has 0 unspecified atom stereocenters. The van der Waals surface area contributed by atoms with Gasteiger partial charge in [-0.2, -0.15) is 0 Å². The second-order valence-electron chi connectivity index (χ2n) is 3.96. The van der Waals surface area contributed by atoms with Crippen molar-refractivity contribution in [3.05, 3.63) is 29.3 Å². The molecule has 0 radical (unpaired) electrons. The normalized spacial score (nSPS) is 15.8. The van der Waals surface area contributed by atoms with E-state index < -0.39 is 0 Å². The van der Waals surface area contributed by atoms with Gasteiger partial charge in [-0.15, -0.1) is 0 Å². The molecule has 1 fully saturated rings. The Kier molecular flexibility index (Phi) is 5.35. The van der Waals surface area contributed by atoms with Gasteiger partial charge >= 0.3 is 0 Å². The molecule has 0 amide bonds. The first-order valence-corrected chi connectivity index (χ1v) is 6.37. The number of ether oxygens (including phenoxy) is 2. The molecule has 1 aliphatic rings. The molecule has 0 bridgehead atoms. The number of halogens is 1. The highest BCUT2D eigenvalue weighted by atomic mass is 35.5. The first-order valence-electron chi connectivity index (χ1n) is 5.99. The maximum atomic E-state index is 5.96. The number of hydrogen-bond acceptors (Lipinski definition) is 3. The van der Waals surface area contributed by atoms with Crippen molar-refractivity contribution in [1.82, 2.24) is 4.90 Å². The van der Waals surface area contributed by atoms with Crippen LogP contribution in [-0.4, -0.2) is 44.4 Å². The Balaban J connectivity index is 1.70. The van der Waals surface area contributed by atoms with Crippen molar-refractivity contribution < 1.29 is 9.47 Å². The van der Waals surface area contributed by atoms with Gasteiger partial charge in [0.25, 0.3) is 0 Å². The molecule has 2 rings (SSSR count). The number of rotatable bonds is 3. The zero-order valence-electron chi connectivity index (χ0n) is 10.2. The van der Waals surface area contributed by atoms with E-state index in [2.05, 4.69) is 16.7 Å². The van der Waals surface area contributed by atoms with E-state index in [-0.39, 0.29) is 0 Å². The van der Waals surface area contributed by atoms with Crippen LogP contribution in [0.25, 0.3) is 0 Å². The molecule has 0 aromatic heterocycles. The second kappa shape index (κ2) is 7.27. The summed E-state index contributed by atoms with van der Waals surface area (Å²) in [6.07, 6.45) is 0. The molecular formula is C14H16ClNO2. The van der Waals surface area contributed by atoms with Crippen molar-refractivity contribution in [2.24, 2.45) is 0 Å². The summed E-state index contributed by atoms with van der Waals surface area (Å²) in [6, 6.07) is 7.41. The largest absolute Gasteiger partial charge is 0.479 e. The average molecular weight is 266 g/mol. The number of para-hydroxylation sites is 1. The summed E-state index contributed by atoms with van der Waals surface area (Å²) in [5.41, 5.74) is 0. The van der Waals surface area contributed by atoms with Crippen LogP contribution in [-0.2, 0) is 4.74 Å². The molecule has 1 aromatic rings. The van der Waals surface area contributed by atoms with Crippen LogP contribution >= 0.6 is 11.6 Å². The van der Waals surface area contributed by atoms with Crippen LogP contribution in [0.5, 0.6) is 5.75 Å². The fraction of sp³-hybridized carbons (Fsp3) is 0.429. The highest BCUT2D eigenvalue weighted by Gasteiger charge is 2.07. The van der Waals surface area contributed by atoms with Crippen LogP contribution in [0.15, 0.2) is 24.3 Å². The summed E-state index contributed by atoms with van der Waals surface area (Å²) in [4.78, 5) is 2.27. The Morgan fingerprint density at radius 2 is 2.00 bits per heavy atom. The topological polar surface area (TPSA) is 21.7 Å². The maximum absolute atomic E-state index is 5.96. The molecule has 4 heteroatoms. The third-order valence-corrected chi connectivity index (χ3v) is 2.98. The standard InChI is InChI=1S/C14H16ClNO2/c15-13-5-1-2-6-14(13)18-10-4-3-7-16-8-11-17-12-9-16/h1-2,5-6H,7-12H2. The van der Waals surface area contributed by atoms with Crippen molar-refractivity contribution in [2.75, 3.05) is 39.5 Å². The quantitative estimate of drug-likeness (QED) is 0.781. The van der Waals surface area contributed by atoms with E-state index in [1.165, 1.54) is 0 Å². The van der Waals surface area contributed by atoms with Crippen LogP contribution in [0.4, 0.5) is 0 Å². The predicted octanol–water partition coefficient (Wildman–Crippen LogP) is 2.05. The van der Waals surface area contributed by atoms with E-state index in [4.69, 9.17) is 21.1 Å². The van der Waals surface area contributed by atoms with E-state index in [0.29, 0.717) is 17.4 Å². The molecule has 1 saturated heterocycles. The monoisotopic (exact) mass is 265 g/mol. The summed E-state index contributed by atoms with van der Waals surface area (Å²) >= 11 is 5.96. The zero-order valence-corrected chi connectivity index (χ0v) is 10.9. The second-order valence-corrected chi connectivity index (χ2v) is 4.37. The van der Waals surface area contributed by atoms with Gasteiger partial charge in [-0.1, -0.05) is 35.6 Å². The molecule has 1 heterocycles. The van der Waals surface area contributed by atoms with Crippen LogP contribution in [0.3, 0.4) is 0 Å². The van der Waals surface area contributed by atoms with Gasteiger partial charge in [0.2, 0.25) is 0 Å². The molecule has 0 aliphatic carbocycles. The summed E-state index contributed by atoms with van der Waals surface area (Å²) in [5.74, 6) is 6.77. The highest BCUT2D eigenvalue weighted by molar-refractivity contribution is 6.32. The van der Waals surface area contributed by atoms with Gasteiger partial charge < -0.3 is 9.47 Å². The SMILES string of the molecule is Clc1ccccc1OCC#CCN1CCOCC1. The van der Waals surface area contributed by atoms with Crippen molar-refractivity contribution in [3.8, 4) is 17.6 Å². The lowest BCUT2D eigenvalue weighted by atomic mass is 10.3.